The minimum Gasteiger partial charge on any atom is -0.399 e. The Morgan fingerprint density at radius 3 is 2.04 bits per heavy atom. The highest BCUT2D eigenvalue weighted by molar-refractivity contribution is 5.58. The maximum Gasteiger partial charge on any atom is 0.0370 e. The first kappa shape index (κ1) is 21.9. The van der Waals surface area contributed by atoms with Crippen LogP contribution >= 0.6 is 0 Å². The number of nitrogens with two attached hydrogens (primary N) is 1. The highest BCUT2D eigenvalue weighted by atomic mass is 15.1. The highest BCUT2D eigenvalue weighted by Crippen LogP contribution is 2.27. The largest absolute Gasteiger partial charge is 0.399 e. The zero-order valence-electron chi connectivity index (χ0n) is 17.5. The van der Waals surface area contributed by atoms with Gasteiger partial charge in [-0.1, -0.05) is 66.7 Å². The van der Waals surface area contributed by atoms with Gasteiger partial charge in [-0.05, 0) is 54.9 Å². The number of hydrogen-bond acceptors (Lipinski definition) is 2. The van der Waals surface area contributed by atoms with Crippen molar-refractivity contribution in [2.75, 3.05) is 23.7 Å². The summed E-state index contributed by atoms with van der Waals surface area (Å²) >= 11 is 0. The van der Waals surface area contributed by atoms with Crippen LogP contribution in [0.15, 0.2) is 18.2 Å². The summed E-state index contributed by atoms with van der Waals surface area (Å²) in [6.07, 6.45) is 10.2. The van der Waals surface area contributed by atoms with Crippen LogP contribution in [0.25, 0.3) is 0 Å². The number of anilines is 2. The third-order valence-corrected chi connectivity index (χ3v) is 5.65. The summed E-state index contributed by atoms with van der Waals surface area (Å²) in [4.78, 5) is 2.66. The molecule has 0 saturated carbocycles. The lowest BCUT2D eigenvalue weighted by Gasteiger charge is -2.33. The average molecular weight is 347 g/mol. The Kier molecular flexibility index (Phi) is 10.7. The van der Waals surface area contributed by atoms with Crippen molar-refractivity contribution in [1.29, 1.82) is 0 Å². The van der Waals surface area contributed by atoms with Crippen molar-refractivity contribution < 1.29 is 0 Å². The minimum atomic E-state index is 0.788. The number of aryl methyl sites for hydroxylation is 1. The molecule has 2 atom stereocenters. The maximum absolute atomic E-state index is 6.15. The van der Waals surface area contributed by atoms with E-state index in [1.807, 2.05) is 0 Å². The van der Waals surface area contributed by atoms with Gasteiger partial charge in [0.05, 0.1) is 0 Å². The Morgan fingerprint density at radius 1 is 0.880 bits per heavy atom. The lowest BCUT2D eigenvalue weighted by Crippen LogP contribution is -2.34. The fourth-order valence-corrected chi connectivity index (χ4v) is 3.75. The second-order valence-electron chi connectivity index (χ2n) is 7.62. The molecule has 25 heavy (non-hydrogen) atoms. The van der Waals surface area contributed by atoms with Crippen molar-refractivity contribution in [1.82, 2.24) is 0 Å². The first-order valence-electron chi connectivity index (χ1n) is 10.7. The van der Waals surface area contributed by atoms with Crippen molar-refractivity contribution in [3.63, 3.8) is 0 Å². The van der Waals surface area contributed by atoms with E-state index in [0.717, 1.165) is 23.9 Å². The average Bonchev–Trinajstić information content (AvgIpc) is 2.63. The summed E-state index contributed by atoms with van der Waals surface area (Å²) in [7, 11) is 0. The molecule has 0 radical (unpaired) electrons. The summed E-state index contributed by atoms with van der Waals surface area (Å²) < 4.78 is 0. The topological polar surface area (TPSA) is 29.3 Å². The van der Waals surface area contributed by atoms with E-state index >= 15 is 0 Å². The highest BCUT2D eigenvalue weighted by Gasteiger charge is 2.18. The van der Waals surface area contributed by atoms with E-state index in [-0.39, 0.29) is 0 Å². The third kappa shape index (κ3) is 7.30. The molecule has 2 N–H and O–H groups in total. The number of nitrogens with zero attached hydrogens (tertiary/aromatic N) is 1. The fourth-order valence-electron chi connectivity index (χ4n) is 3.75. The molecular formula is C23H42N2. The zero-order valence-corrected chi connectivity index (χ0v) is 17.5. The molecule has 2 heteroatoms. The molecule has 2 nitrogen and oxygen atoms in total. The first-order valence-corrected chi connectivity index (χ1v) is 10.7. The fraction of sp³-hybridized carbons (Fsp3) is 0.739. The van der Waals surface area contributed by atoms with Gasteiger partial charge in [0.15, 0.2) is 0 Å². The minimum absolute atomic E-state index is 0.788. The van der Waals surface area contributed by atoms with Crippen LogP contribution in [0, 0.1) is 11.8 Å². The van der Waals surface area contributed by atoms with Crippen LogP contribution < -0.4 is 10.6 Å². The van der Waals surface area contributed by atoms with Crippen molar-refractivity contribution >= 4 is 11.4 Å². The smallest absolute Gasteiger partial charge is 0.0370 e. The number of rotatable bonds is 13. The van der Waals surface area contributed by atoms with E-state index in [2.05, 4.69) is 57.7 Å². The molecule has 1 rings (SSSR count). The summed E-state index contributed by atoms with van der Waals surface area (Å²) in [5.41, 5.74) is 9.74. The van der Waals surface area contributed by atoms with E-state index in [0.29, 0.717) is 0 Å². The normalized spacial score (nSPS) is 13.6. The van der Waals surface area contributed by atoms with Gasteiger partial charge in [-0.25, -0.2) is 0 Å². The van der Waals surface area contributed by atoms with Gasteiger partial charge in [-0.15, -0.1) is 0 Å². The van der Waals surface area contributed by atoms with Crippen LogP contribution in [0.1, 0.15) is 85.1 Å². The molecule has 0 spiro atoms. The SMILES string of the molecule is CCCCC(CC)CN(CC(CC)CCC)c1ccc(N)c(CC)c1. The van der Waals surface area contributed by atoms with E-state index < -0.39 is 0 Å². The molecule has 0 amide bonds. The summed E-state index contributed by atoms with van der Waals surface area (Å²) in [5.74, 6) is 1.58. The van der Waals surface area contributed by atoms with Gasteiger partial charge in [0, 0.05) is 24.5 Å². The number of unbranched alkanes of at least 4 members (excludes halogenated alkanes) is 1. The number of hydrogen-bond donors (Lipinski definition) is 1. The molecule has 144 valence electrons. The van der Waals surface area contributed by atoms with Gasteiger partial charge in [-0.2, -0.15) is 0 Å². The van der Waals surface area contributed by atoms with Gasteiger partial charge < -0.3 is 10.6 Å². The van der Waals surface area contributed by atoms with Crippen LogP contribution in [0.3, 0.4) is 0 Å². The number of nitrogen functional groups attached to an aromatic ring is 1. The predicted octanol–water partition coefficient (Wildman–Crippen LogP) is 6.68. The molecule has 0 heterocycles. The summed E-state index contributed by atoms with van der Waals surface area (Å²) in [6, 6.07) is 6.68. The molecule has 1 aromatic rings. The van der Waals surface area contributed by atoms with Crippen LogP contribution in [0.2, 0.25) is 0 Å². The van der Waals surface area contributed by atoms with Crippen molar-refractivity contribution in [3.05, 3.63) is 23.8 Å². The summed E-state index contributed by atoms with van der Waals surface area (Å²) in [6.45, 7) is 13.9. The van der Waals surface area contributed by atoms with E-state index in [9.17, 15) is 0 Å². The zero-order chi connectivity index (χ0) is 18.7. The monoisotopic (exact) mass is 346 g/mol. The van der Waals surface area contributed by atoms with Crippen molar-refractivity contribution in [2.45, 2.75) is 86.0 Å². The van der Waals surface area contributed by atoms with Crippen LogP contribution in [-0.2, 0) is 6.42 Å². The van der Waals surface area contributed by atoms with Crippen molar-refractivity contribution in [2.24, 2.45) is 11.8 Å². The molecular weight excluding hydrogens is 304 g/mol. The molecule has 0 aliphatic rings. The Bertz CT molecular complexity index is 469. The molecule has 0 fully saturated rings. The molecule has 0 aliphatic heterocycles. The Hall–Kier alpha value is -1.18. The van der Waals surface area contributed by atoms with E-state index in [4.69, 9.17) is 5.73 Å². The summed E-state index contributed by atoms with van der Waals surface area (Å²) in [5, 5.41) is 0. The number of benzene rings is 1. The van der Waals surface area contributed by atoms with Crippen LogP contribution in [0.5, 0.6) is 0 Å². The van der Waals surface area contributed by atoms with E-state index in [1.54, 1.807) is 0 Å². The molecule has 0 aliphatic carbocycles. The first-order chi connectivity index (χ1) is 12.1. The van der Waals surface area contributed by atoms with Gasteiger partial charge in [0.25, 0.3) is 0 Å². The molecule has 0 saturated heterocycles. The quantitative estimate of drug-likeness (QED) is 0.404. The van der Waals surface area contributed by atoms with Gasteiger partial charge in [0.1, 0.15) is 0 Å². The lowest BCUT2D eigenvalue weighted by atomic mass is 9.95. The van der Waals surface area contributed by atoms with Crippen molar-refractivity contribution in [3.8, 4) is 0 Å². The lowest BCUT2D eigenvalue weighted by molar-refractivity contribution is 0.408. The maximum atomic E-state index is 6.15. The second-order valence-corrected chi connectivity index (χ2v) is 7.62. The molecule has 0 aromatic heterocycles. The second kappa shape index (κ2) is 12.2. The predicted molar refractivity (Wildman–Crippen MR) is 114 cm³/mol. The Balaban J connectivity index is 3.00. The Labute approximate surface area is 157 Å². The molecule has 0 bridgehead atoms. The van der Waals surface area contributed by atoms with E-state index in [1.165, 1.54) is 69.3 Å². The van der Waals surface area contributed by atoms with Gasteiger partial charge >= 0.3 is 0 Å². The molecule has 1 aromatic carbocycles. The third-order valence-electron chi connectivity index (χ3n) is 5.65. The van der Waals surface area contributed by atoms with Crippen LogP contribution in [-0.4, -0.2) is 13.1 Å². The van der Waals surface area contributed by atoms with Gasteiger partial charge in [-0.3, -0.25) is 0 Å². The standard InChI is InChI=1S/C23H42N2/c1-6-11-13-20(9-4)18-25(17-19(8-3)12-7-2)22-14-15-23(24)21(10-5)16-22/h14-16,19-20H,6-13,17-18,24H2,1-5H3. The van der Waals surface area contributed by atoms with Gasteiger partial charge in [0.2, 0.25) is 0 Å². The molecule has 2 unspecified atom stereocenters. The van der Waals surface area contributed by atoms with Crippen LogP contribution in [0.4, 0.5) is 11.4 Å². The Morgan fingerprint density at radius 2 is 1.52 bits per heavy atom.